The third-order valence-corrected chi connectivity index (χ3v) is 3.55. The minimum Gasteiger partial charge on any atom is -0.373 e. The predicted molar refractivity (Wildman–Crippen MR) is 87.5 cm³/mol. The van der Waals surface area contributed by atoms with Crippen LogP contribution in [0, 0.1) is 12.8 Å². The van der Waals surface area contributed by atoms with E-state index in [0.717, 1.165) is 35.4 Å². The predicted octanol–water partition coefficient (Wildman–Crippen LogP) is 4.02. The third-order valence-electron chi connectivity index (χ3n) is 3.55. The molecule has 0 saturated carbocycles. The highest BCUT2D eigenvalue weighted by molar-refractivity contribution is 5.57. The summed E-state index contributed by atoms with van der Waals surface area (Å²) >= 11 is 0. The molecule has 20 heavy (non-hydrogen) atoms. The van der Waals surface area contributed by atoms with Crippen LogP contribution < -0.4 is 10.6 Å². The molecule has 0 fully saturated rings. The molecule has 0 aromatic carbocycles. The first kappa shape index (κ1) is 16.7. The Bertz CT molecular complexity index is 415. The maximum atomic E-state index is 4.62. The minimum absolute atomic E-state index is 0.441. The Labute approximate surface area is 123 Å². The molecular formula is C16H30N4. The molecular weight excluding hydrogens is 248 g/mol. The highest BCUT2D eigenvalue weighted by Gasteiger charge is 2.11. The number of rotatable bonds is 8. The largest absolute Gasteiger partial charge is 0.373 e. The molecule has 0 saturated heterocycles. The van der Waals surface area contributed by atoms with Crippen LogP contribution in [-0.4, -0.2) is 23.1 Å². The van der Waals surface area contributed by atoms with Crippen LogP contribution in [0.2, 0.25) is 0 Å². The maximum absolute atomic E-state index is 4.62. The Morgan fingerprint density at radius 3 is 2.25 bits per heavy atom. The molecule has 1 rings (SSSR count). The second-order valence-electron chi connectivity index (χ2n) is 5.94. The quantitative estimate of drug-likeness (QED) is 0.754. The minimum atomic E-state index is 0.441. The zero-order chi connectivity index (χ0) is 15.1. The molecule has 1 atom stereocenters. The Morgan fingerprint density at radius 1 is 1.05 bits per heavy atom. The summed E-state index contributed by atoms with van der Waals surface area (Å²) < 4.78 is 0. The summed E-state index contributed by atoms with van der Waals surface area (Å²) in [6.45, 7) is 10.9. The number of aromatic nitrogens is 2. The van der Waals surface area contributed by atoms with Crippen molar-refractivity contribution >= 4 is 11.6 Å². The molecule has 0 aliphatic rings. The number of nitrogens with zero attached hydrogens (tertiary/aromatic N) is 2. The van der Waals surface area contributed by atoms with Crippen LogP contribution in [0.15, 0.2) is 0 Å². The molecule has 1 unspecified atom stereocenters. The van der Waals surface area contributed by atoms with Gasteiger partial charge in [0.05, 0.1) is 0 Å². The van der Waals surface area contributed by atoms with Crippen molar-refractivity contribution in [2.24, 2.45) is 5.92 Å². The molecule has 1 aromatic heterocycles. The Balaban J connectivity index is 2.70. The standard InChI is InChI=1S/C16H30N4/c1-7-14-19-15(17-6)13(5)16(20-14)18-12(4)10-8-9-11(2)3/h11-12H,7-10H2,1-6H3,(H2,17,18,19,20). The Morgan fingerprint density at radius 2 is 1.70 bits per heavy atom. The van der Waals surface area contributed by atoms with Gasteiger partial charge in [-0.3, -0.25) is 0 Å². The van der Waals surface area contributed by atoms with E-state index in [4.69, 9.17) is 0 Å². The normalized spacial score (nSPS) is 12.6. The third kappa shape index (κ3) is 4.99. The molecule has 0 aliphatic heterocycles. The lowest BCUT2D eigenvalue weighted by atomic mass is 10.0. The number of nitrogens with one attached hydrogen (secondary N) is 2. The van der Waals surface area contributed by atoms with Crippen LogP contribution >= 0.6 is 0 Å². The van der Waals surface area contributed by atoms with Gasteiger partial charge < -0.3 is 10.6 Å². The maximum Gasteiger partial charge on any atom is 0.134 e. The van der Waals surface area contributed by atoms with Crippen molar-refractivity contribution in [1.29, 1.82) is 0 Å². The second-order valence-corrected chi connectivity index (χ2v) is 5.94. The molecule has 1 heterocycles. The van der Waals surface area contributed by atoms with Gasteiger partial charge in [0.15, 0.2) is 0 Å². The number of hydrogen-bond acceptors (Lipinski definition) is 4. The summed E-state index contributed by atoms with van der Waals surface area (Å²) in [7, 11) is 1.91. The molecule has 0 spiro atoms. The first-order valence-corrected chi connectivity index (χ1v) is 7.79. The fraction of sp³-hybridized carbons (Fsp3) is 0.750. The van der Waals surface area contributed by atoms with Crippen molar-refractivity contribution in [3.63, 3.8) is 0 Å². The molecule has 1 aromatic rings. The molecule has 0 bridgehead atoms. The first-order valence-electron chi connectivity index (χ1n) is 7.79. The van der Waals surface area contributed by atoms with E-state index in [1.165, 1.54) is 19.3 Å². The highest BCUT2D eigenvalue weighted by atomic mass is 15.1. The van der Waals surface area contributed by atoms with Crippen molar-refractivity contribution in [2.45, 2.75) is 66.3 Å². The number of anilines is 2. The molecule has 0 amide bonds. The van der Waals surface area contributed by atoms with Crippen LogP contribution in [0.3, 0.4) is 0 Å². The smallest absolute Gasteiger partial charge is 0.134 e. The first-order chi connectivity index (χ1) is 9.47. The lowest BCUT2D eigenvalue weighted by molar-refractivity contribution is 0.520. The Hall–Kier alpha value is -1.32. The van der Waals surface area contributed by atoms with E-state index < -0.39 is 0 Å². The highest BCUT2D eigenvalue weighted by Crippen LogP contribution is 2.21. The van der Waals surface area contributed by atoms with Gasteiger partial charge in [-0.25, -0.2) is 9.97 Å². The summed E-state index contributed by atoms with van der Waals surface area (Å²) in [5.41, 5.74) is 1.10. The lowest BCUT2D eigenvalue weighted by Crippen LogP contribution is -2.18. The number of hydrogen-bond donors (Lipinski definition) is 2. The van der Waals surface area contributed by atoms with Gasteiger partial charge in [-0.2, -0.15) is 0 Å². The van der Waals surface area contributed by atoms with E-state index in [-0.39, 0.29) is 0 Å². The van der Waals surface area contributed by atoms with Gasteiger partial charge in [0.2, 0.25) is 0 Å². The zero-order valence-electron chi connectivity index (χ0n) is 13.9. The zero-order valence-corrected chi connectivity index (χ0v) is 13.9. The summed E-state index contributed by atoms with van der Waals surface area (Å²) in [5.74, 6) is 3.56. The van der Waals surface area contributed by atoms with Crippen molar-refractivity contribution in [3.05, 3.63) is 11.4 Å². The van der Waals surface area contributed by atoms with Gasteiger partial charge in [-0.1, -0.05) is 33.6 Å². The van der Waals surface area contributed by atoms with E-state index in [9.17, 15) is 0 Å². The Kier molecular flexibility index (Phi) is 6.76. The molecule has 4 heteroatoms. The van der Waals surface area contributed by atoms with Crippen molar-refractivity contribution in [3.8, 4) is 0 Å². The monoisotopic (exact) mass is 278 g/mol. The molecule has 4 nitrogen and oxygen atoms in total. The fourth-order valence-electron chi connectivity index (χ4n) is 2.24. The summed E-state index contributed by atoms with van der Waals surface area (Å²) in [6.07, 6.45) is 4.58. The van der Waals surface area contributed by atoms with Crippen LogP contribution in [-0.2, 0) is 6.42 Å². The van der Waals surface area contributed by atoms with Gasteiger partial charge >= 0.3 is 0 Å². The average Bonchev–Trinajstić information content (AvgIpc) is 2.40. The summed E-state index contributed by atoms with van der Waals surface area (Å²) in [6, 6.07) is 0.441. The van der Waals surface area contributed by atoms with Crippen LogP contribution in [0.1, 0.15) is 58.3 Å². The van der Waals surface area contributed by atoms with Crippen LogP contribution in [0.25, 0.3) is 0 Å². The average molecular weight is 278 g/mol. The molecule has 0 radical (unpaired) electrons. The van der Waals surface area contributed by atoms with E-state index in [0.29, 0.717) is 6.04 Å². The van der Waals surface area contributed by atoms with Gasteiger partial charge in [-0.15, -0.1) is 0 Å². The van der Waals surface area contributed by atoms with E-state index >= 15 is 0 Å². The van der Waals surface area contributed by atoms with E-state index in [1.54, 1.807) is 0 Å². The topological polar surface area (TPSA) is 49.8 Å². The van der Waals surface area contributed by atoms with Crippen molar-refractivity contribution < 1.29 is 0 Å². The second kappa shape index (κ2) is 8.08. The fourth-order valence-corrected chi connectivity index (χ4v) is 2.24. The SMILES string of the molecule is CCc1nc(NC)c(C)c(NC(C)CCCC(C)C)n1. The van der Waals surface area contributed by atoms with Crippen LogP contribution in [0.4, 0.5) is 11.6 Å². The summed E-state index contributed by atoms with van der Waals surface area (Å²) in [4.78, 5) is 9.12. The molecule has 114 valence electrons. The van der Waals surface area contributed by atoms with Crippen molar-refractivity contribution in [2.75, 3.05) is 17.7 Å². The lowest BCUT2D eigenvalue weighted by Gasteiger charge is -2.18. The van der Waals surface area contributed by atoms with Gasteiger partial charge in [0.1, 0.15) is 17.5 Å². The molecule has 2 N–H and O–H groups in total. The number of aryl methyl sites for hydroxylation is 1. The molecule has 0 aliphatic carbocycles. The van der Waals surface area contributed by atoms with Gasteiger partial charge in [-0.05, 0) is 26.2 Å². The summed E-state index contributed by atoms with van der Waals surface area (Å²) in [5, 5.41) is 6.69. The van der Waals surface area contributed by atoms with E-state index in [2.05, 4.69) is 55.2 Å². The van der Waals surface area contributed by atoms with Crippen molar-refractivity contribution in [1.82, 2.24) is 9.97 Å². The van der Waals surface area contributed by atoms with Gasteiger partial charge in [0, 0.05) is 25.1 Å². The van der Waals surface area contributed by atoms with Crippen LogP contribution in [0.5, 0.6) is 0 Å². The van der Waals surface area contributed by atoms with Gasteiger partial charge in [0.25, 0.3) is 0 Å². The van der Waals surface area contributed by atoms with E-state index in [1.807, 2.05) is 7.05 Å².